The molecule has 98 valence electrons. The van der Waals surface area contributed by atoms with E-state index in [1.807, 2.05) is 6.92 Å². The van der Waals surface area contributed by atoms with Crippen molar-refractivity contribution in [1.82, 2.24) is 4.31 Å². The molecule has 0 aliphatic carbocycles. The first kappa shape index (κ1) is 14.7. The van der Waals surface area contributed by atoms with Crippen molar-refractivity contribution in [2.75, 3.05) is 13.1 Å². The molecule has 0 fully saturated rings. The van der Waals surface area contributed by atoms with Gasteiger partial charge in [0.2, 0.25) is 10.0 Å². The van der Waals surface area contributed by atoms with Crippen LogP contribution in [0.2, 0.25) is 0 Å². The highest BCUT2D eigenvalue weighted by Gasteiger charge is 2.27. The van der Waals surface area contributed by atoms with Crippen LogP contribution in [-0.4, -0.2) is 30.9 Å². The minimum absolute atomic E-state index is 0.0665. The maximum Gasteiger partial charge on any atom is 0.247 e. The zero-order chi connectivity index (χ0) is 13.1. The molecule has 1 N–H and O–H groups in total. The van der Waals surface area contributed by atoms with Gasteiger partial charge in [0, 0.05) is 19.2 Å². The van der Waals surface area contributed by atoms with Crippen molar-refractivity contribution in [3.05, 3.63) is 16.5 Å². The number of nitrogens with zero attached hydrogens (tertiary/aromatic N) is 1. The lowest BCUT2D eigenvalue weighted by atomic mass is 10.5. The smallest absolute Gasteiger partial charge is 0.247 e. The monoisotopic (exact) mass is 325 g/mol. The summed E-state index contributed by atoms with van der Waals surface area (Å²) in [4.78, 5) is 0.0665. The van der Waals surface area contributed by atoms with E-state index >= 15 is 0 Å². The van der Waals surface area contributed by atoms with E-state index in [0.29, 0.717) is 13.1 Å². The summed E-state index contributed by atoms with van der Waals surface area (Å²) in [6.45, 7) is 4.25. The second-order valence-electron chi connectivity index (χ2n) is 3.51. The van der Waals surface area contributed by atoms with Crippen LogP contribution in [0.4, 0.5) is 0 Å². The molecule has 0 saturated heterocycles. The van der Waals surface area contributed by atoms with Gasteiger partial charge >= 0.3 is 0 Å². The Morgan fingerprint density at radius 1 is 1.47 bits per heavy atom. The molecular weight excluding hydrogens is 310 g/mol. The van der Waals surface area contributed by atoms with E-state index in [1.54, 1.807) is 6.92 Å². The Labute approximate surface area is 110 Å². The highest BCUT2D eigenvalue weighted by atomic mass is 79.9. The SMILES string of the molecule is CCCN(CC)S(=O)(=O)c1cc(CO)oc1Br. The first-order chi connectivity index (χ1) is 7.97. The molecule has 0 unspecified atom stereocenters. The normalized spacial score (nSPS) is 12.3. The number of aliphatic hydroxyl groups excluding tert-OH is 1. The molecule has 1 heterocycles. The van der Waals surface area contributed by atoms with E-state index in [1.165, 1.54) is 10.4 Å². The molecule has 0 atom stereocenters. The standard InChI is InChI=1S/C10H16BrNO4S/c1-3-5-12(4-2)17(14,15)9-6-8(7-13)16-10(9)11/h6,13H,3-5,7H2,1-2H3. The van der Waals surface area contributed by atoms with Crippen LogP contribution in [0.5, 0.6) is 0 Å². The molecule has 1 rings (SSSR count). The second kappa shape index (κ2) is 5.99. The molecule has 0 aromatic carbocycles. The Hall–Kier alpha value is -0.370. The molecule has 0 amide bonds. The Morgan fingerprint density at radius 3 is 2.53 bits per heavy atom. The van der Waals surface area contributed by atoms with Crippen molar-refractivity contribution in [2.45, 2.75) is 31.8 Å². The minimum atomic E-state index is -3.55. The number of halogens is 1. The van der Waals surface area contributed by atoms with Gasteiger partial charge in [0.25, 0.3) is 0 Å². The van der Waals surface area contributed by atoms with Crippen molar-refractivity contribution >= 4 is 26.0 Å². The maximum absolute atomic E-state index is 12.3. The molecule has 5 nitrogen and oxygen atoms in total. The van der Waals surface area contributed by atoms with Crippen molar-refractivity contribution in [3.8, 4) is 0 Å². The van der Waals surface area contributed by atoms with Crippen molar-refractivity contribution in [2.24, 2.45) is 0 Å². The summed E-state index contributed by atoms with van der Waals surface area (Å²) in [5.74, 6) is 0.225. The fourth-order valence-electron chi connectivity index (χ4n) is 1.49. The van der Waals surface area contributed by atoms with Crippen LogP contribution in [0, 0.1) is 0 Å². The van der Waals surface area contributed by atoms with E-state index in [2.05, 4.69) is 15.9 Å². The molecule has 0 aliphatic heterocycles. The molecule has 0 saturated carbocycles. The van der Waals surface area contributed by atoms with Gasteiger partial charge in [-0.15, -0.1) is 0 Å². The molecule has 1 aromatic rings. The Kier molecular flexibility index (Phi) is 5.18. The topological polar surface area (TPSA) is 70.8 Å². The van der Waals surface area contributed by atoms with Crippen LogP contribution < -0.4 is 0 Å². The van der Waals surface area contributed by atoms with Gasteiger partial charge in [-0.3, -0.25) is 0 Å². The third-order valence-electron chi connectivity index (χ3n) is 2.31. The lowest BCUT2D eigenvalue weighted by Gasteiger charge is -2.18. The van der Waals surface area contributed by atoms with Gasteiger partial charge in [0.15, 0.2) is 4.67 Å². The van der Waals surface area contributed by atoms with Crippen LogP contribution >= 0.6 is 15.9 Å². The van der Waals surface area contributed by atoms with Crippen LogP contribution in [0.25, 0.3) is 0 Å². The molecule has 0 spiro atoms. The molecular formula is C10H16BrNO4S. The number of rotatable bonds is 6. The summed E-state index contributed by atoms with van der Waals surface area (Å²) >= 11 is 3.06. The molecule has 1 aromatic heterocycles. The first-order valence-corrected chi connectivity index (χ1v) is 7.59. The van der Waals surface area contributed by atoms with Gasteiger partial charge in [0.05, 0.1) is 0 Å². The number of hydrogen-bond donors (Lipinski definition) is 1. The Bertz CT molecular complexity index is 469. The summed E-state index contributed by atoms with van der Waals surface area (Å²) in [7, 11) is -3.55. The summed E-state index contributed by atoms with van der Waals surface area (Å²) in [6.07, 6.45) is 0.745. The van der Waals surface area contributed by atoms with E-state index < -0.39 is 10.0 Å². The highest BCUT2D eigenvalue weighted by Crippen LogP contribution is 2.28. The third kappa shape index (κ3) is 3.09. The van der Waals surface area contributed by atoms with Crippen LogP contribution in [0.3, 0.4) is 0 Å². The van der Waals surface area contributed by atoms with Gasteiger partial charge in [0.1, 0.15) is 17.3 Å². The average molecular weight is 326 g/mol. The fraction of sp³-hybridized carbons (Fsp3) is 0.600. The largest absolute Gasteiger partial charge is 0.450 e. The van der Waals surface area contributed by atoms with Gasteiger partial charge < -0.3 is 9.52 Å². The Morgan fingerprint density at radius 2 is 2.12 bits per heavy atom. The van der Waals surface area contributed by atoms with E-state index in [9.17, 15) is 8.42 Å². The van der Waals surface area contributed by atoms with Crippen molar-refractivity contribution in [1.29, 1.82) is 0 Å². The van der Waals surface area contributed by atoms with Gasteiger partial charge in [-0.05, 0) is 22.4 Å². The predicted octanol–water partition coefficient (Wildman–Crippen LogP) is 1.96. The zero-order valence-corrected chi connectivity index (χ0v) is 12.2. The molecule has 7 heteroatoms. The summed E-state index contributed by atoms with van der Waals surface area (Å²) in [5, 5.41) is 8.92. The van der Waals surface area contributed by atoms with E-state index in [-0.39, 0.29) is 21.9 Å². The van der Waals surface area contributed by atoms with Crippen LogP contribution in [0.1, 0.15) is 26.0 Å². The van der Waals surface area contributed by atoms with Crippen molar-refractivity contribution in [3.63, 3.8) is 0 Å². The average Bonchev–Trinajstić information content (AvgIpc) is 2.67. The maximum atomic E-state index is 12.3. The summed E-state index contributed by atoms with van der Waals surface area (Å²) < 4.78 is 31.1. The predicted molar refractivity (Wildman–Crippen MR) is 67.1 cm³/mol. The number of aliphatic hydroxyl groups is 1. The van der Waals surface area contributed by atoms with E-state index in [0.717, 1.165) is 6.42 Å². The molecule has 0 aliphatic rings. The second-order valence-corrected chi connectivity index (χ2v) is 6.13. The lowest BCUT2D eigenvalue weighted by Crippen LogP contribution is -2.31. The van der Waals surface area contributed by atoms with Crippen LogP contribution in [-0.2, 0) is 16.6 Å². The van der Waals surface area contributed by atoms with Gasteiger partial charge in [-0.1, -0.05) is 13.8 Å². The van der Waals surface area contributed by atoms with E-state index in [4.69, 9.17) is 9.52 Å². The first-order valence-electron chi connectivity index (χ1n) is 5.36. The zero-order valence-electron chi connectivity index (χ0n) is 9.81. The van der Waals surface area contributed by atoms with Gasteiger partial charge in [-0.25, -0.2) is 8.42 Å². The lowest BCUT2D eigenvalue weighted by molar-refractivity contribution is 0.245. The molecule has 0 bridgehead atoms. The summed E-state index contributed by atoms with van der Waals surface area (Å²) in [6, 6.07) is 1.34. The minimum Gasteiger partial charge on any atom is -0.450 e. The Balaban J connectivity index is 3.15. The number of sulfonamides is 1. The van der Waals surface area contributed by atoms with Crippen molar-refractivity contribution < 1.29 is 17.9 Å². The number of furan rings is 1. The van der Waals surface area contributed by atoms with Gasteiger partial charge in [-0.2, -0.15) is 4.31 Å². The quantitative estimate of drug-likeness (QED) is 0.867. The molecule has 17 heavy (non-hydrogen) atoms. The summed E-state index contributed by atoms with van der Waals surface area (Å²) in [5.41, 5.74) is 0. The molecule has 0 radical (unpaired) electrons. The third-order valence-corrected chi connectivity index (χ3v) is 5.14. The highest BCUT2D eigenvalue weighted by molar-refractivity contribution is 9.10. The fourth-order valence-corrected chi connectivity index (χ4v) is 3.99. The number of hydrogen-bond acceptors (Lipinski definition) is 4. The van der Waals surface area contributed by atoms with Crippen LogP contribution in [0.15, 0.2) is 20.0 Å².